The normalized spacial score (nSPS) is 11.2. The number of anilines is 1. The molecule has 6 heteroatoms. The van der Waals surface area contributed by atoms with Crippen LogP contribution in [-0.4, -0.2) is 21.6 Å². The highest BCUT2D eigenvalue weighted by molar-refractivity contribution is 7.99. The summed E-state index contributed by atoms with van der Waals surface area (Å²) in [6.45, 7) is 6.83. The number of aromatic nitrogens is 2. The predicted molar refractivity (Wildman–Crippen MR) is 131 cm³/mol. The number of amides is 1. The summed E-state index contributed by atoms with van der Waals surface area (Å²) in [5.41, 5.74) is 3.66. The number of para-hydroxylation sites is 1. The Hall–Kier alpha value is -2.70. The first-order valence-corrected chi connectivity index (χ1v) is 12.2. The van der Waals surface area contributed by atoms with Gasteiger partial charge >= 0.3 is 0 Å². The van der Waals surface area contributed by atoms with Crippen LogP contribution in [0.15, 0.2) is 71.8 Å². The molecule has 2 aromatic carbocycles. The molecule has 0 aliphatic rings. The molecule has 31 heavy (non-hydrogen) atoms. The minimum Gasteiger partial charge on any atom is -0.278 e. The Morgan fingerprint density at radius 2 is 1.87 bits per heavy atom. The Bertz CT molecular complexity index is 1170. The van der Waals surface area contributed by atoms with Crippen LogP contribution in [0.4, 0.5) is 5.13 Å². The molecule has 4 rings (SSSR count). The molecule has 4 aromatic rings. The molecule has 4 nitrogen and oxygen atoms in total. The number of fused-ring (bicyclic) bond motifs is 1. The Kier molecular flexibility index (Phi) is 6.68. The Labute approximate surface area is 191 Å². The molecule has 0 saturated heterocycles. The molecule has 0 aliphatic heterocycles. The van der Waals surface area contributed by atoms with Crippen LogP contribution < -0.4 is 4.90 Å². The summed E-state index contributed by atoms with van der Waals surface area (Å²) >= 11 is 3.32. The Morgan fingerprint density at radius 1 is 1.06 bits per heavy atom. The SMILES string of the molecule is CCSc1ccc(C(=O)N(Cc2ccccn2)c2nc3c(C(C)C)cccc3s2)cc1. The fraction of sp³-hybridized carbons (Fsp3) is 0.240. The summed E-state index contributed by atoms with van der Waals surface area (Å²) in [4.78, 5) is 25.8. The van der Waals surface area contributed by atoms with Crippen molar-refractivity contribution in [1.82, 2.24) is 9.97 Å². The lowest BCUT2D eigenvalue weighted by molar-refractivity contribution is 0.0984. The average Bonchev–Trinajstić information content (AvgIpc) is 3.22. The second-order valence-corrected chi connectivity index (χ2v) is 9.86. The van der Waals surface area contributed by atoms with Crippen molar-refractivity contribution in [2.45, 2.75) is 38.1 Å². The number of hydrogen-bond donors (Lipinski definition) is 0. The van der Waals surface area contributed by atoms with E-state index in [1.165, 1.54) is 5.56 Å². The predicted octanol–water partition coefficient (Wildman–Crippen LogP) is 6.77. The van der Waals surface area contributed by atoms with Gasteiger partial charge in [-0.15, -0.1) is 11.8 Å². The number of benzene rings is 2. The molecular formula is C25H25N3OS2. The fourth-order valence-electron chi connectivity index (χ4n) is 3.44. The largest absolute Gasteiger partial charge is 0.278 e. The van der Waals surface area contributed by atoms with E-state index in [4.69, 9.17) is 4.98 Å². The topological polar surface area (TPSA) is 46.1 Å². The Morgan fingerprint density at radius 3 is 2.55 bits per heavy atom. The van der Waals surface area contributed by atoms with Crippen molar-refractivity contribution in [3.63, 3.8) is 0 Å². The molecule has 0 bridgehead atoms. The van der Waals surface area contributed by atoms with Gasteiger partial charge in [-0.1, -0.05) is 50.3 Å². The van der Waals surface area contributed by atoms with Gasteiger partial charge in [-0.2, -0.15) is 0 Å². The van der Waals surface area contributed by atoms with E-state index in [2.05, 4.69) is 44.0 Å². The van der Waals surface area contributed by atoms with Crippen molar-refractivity contribution < 1.29 is 4.79 Å². The van der Waals surface area contributed by atoms with Gasteiger partial charge in [0.1, 0.15) is 0 Å². The first-order valence-electron chi connectivity index (χ1n) is 10.4. The van der Waals surface area contributed by atoms with E-state index in [0.29, 0.717) is 23.2 Å². The van der Waals surface area contributed by atoms with Crippen molar-refractivity contribution in [2.75, 3.05) is 10.7 Å². The molecule has 158 valence electrons. The number of carbonyl (C=O) groups is 1. The maximum Gasteiger partial charge on any atom is 0.260 e. The second kappa shape index (κ2) is 9.62. The van der Waals surface area contributed by atoms with Crippen LogP contribution in [0, 0.1) is 0 Å². The number of rotatable bonds is 7. The van der Waals surface area contributed by atoms with E-state index in [1.807, 2.05) is 42.5 Å². The zero-order chi connectivity index (χ0) is 21.8. The van der Waals surface area contributed by atoms with Gasteiger partial charge in [0.25, 0.3) is 5.91 Å². The van der Waals surface area contributed by atoms with Gasteiger partial charge < -0.3 is 0 Å². The van der Waals surface area contributed by atoms with Crippen molar-refractivity contribution in [3.8, 4) is 0 Å². The summed E-state index contributed by atoms with van der Waals surface area (Å²) < 4.78 is 1.09. The highest BCUT2D eigenvalue weighted by Crippen LogP contribution is 2.34. The zero-order valence-electron chi connectivity index (χ0n) is 17.9. The van der Waals surface area contributed by atoms with Crippen molar-refractivity contribution in [1.29, 1.82) is 0 Å². The molecule has 2 heterocycles. The molecular weight excluding hydrogens is 422 g/mol. The van der Waals surface area contributed by atoms with Gasteiger partial charge in [0.2, 0.25) is 0 Å². The first-order chi connectivity index (χ1) is 15.1. The molecule has 0 spiro atoms. The van der Waals surface area contributed by atoms with Crippen LogP contribution in [-0.2, 0) is 6.54 Å². The third kappa shape index (κ3) is 4.81. The van der Waals surface area contributed by atoms with Crippen molar-refractivity contribution in [3.05, 3.63) is 83.7 Å². The summed E-state index contributed by atoms with van der Waals surface area (Å²) in [6.07, 6.45) is 1.75. The van der Waals surface area contributed by atoms with Gasteiger partial charge in [0.15, 0.2) is 5.13 Å². The monoisotopic (exact) mass is 447 g/mol. The van der Waals surface area contributed by atoms with Gasteiger partial charge in [-0.25, -0.2) is 4.98 Å². The molecule has 0 saturated carbocycles. The van der Waals surface area contributed by atoms with Gasteiger partial charge in [0.05, 0.1) is 22.5 Å². The van der Waals surface area contributed by atoms with Gasteiger partial charge in [0, 0.05) is 16.7 Å². The maximum absolute atomic E-state index is 13.6. The van der Waals surface area contributed by atoms with E-state index >= 15 is 0 Å². The number of pyridine rings is 1. The van der Waals surface area contributed by atoms with Crippen LogP contribution in [0.1, 0.15) is 48.3 Å². The second-order valence-electron chi connectivity index (χ2n) is 7.51. The third-order valence-corrected chi connectivity index (χ3v) is 6.93. The highest BCUT2D eigenvalue weighted by atomic mass is 32.2. The lowest BCUT2D eigenvalue weighted by Crippen LogP contribution is -2.30. The minimum atomic E-state index is -0.0659. The molecule has 0 fully saturated rings. The van der Waals surface area contributed by atoms with Crippen molar-refractivity contribution in [2.24, 2.45) is 0 Å². The zero-order valence-corrected chi connectivity index (χ0v) is 19.5. The van der Waals surface area contributed by atoms with Gasteiger partial charge in [-0.05, 0) is 59.7 Å². The summed E-state index contributed by atoms with van der Waals surface area (Å²) in [7, 11) is 0. The molecule has 1 amide bonds. The number of nitrogens with zero attached hydrogens (tertiary/aromatic N) is 3. The fourth-order valence-corrected chi connectivity index (χ4v) is 5.10. The van der Waals surface area contributed by atoms with E-state index in [1.54, 1.807) is 34.2 Å². The van der Waals surface area contributed by atoms with E-state index in [-0.39, 0.29) is 5.91 Å². The average molecular weight is 448 g/mol. The van der Waals surface area contributed by atoms with E-state index < -0.39 is 0 Å². The van der Waals surface area contributed by atoms with Gasteiger partial charge in [-0.3, -0.25) is 14.7 Å². The summed E-state index contributed by atoms with van der Waals surface area (Å²) in [5, 5.41) is 0.700. The molecule has 0 unspecified atom stereocenters. The quantitative estimate of drug-likeness (QED) is 0.293. The number of carbonyl (C=O) groups excluding carboxylic acids is 1. The Balaban J connectivity index is 1.75. The van der Waals surface area contributed by atoms with Crippen LogP contribution in [0.2, 0.25) is 0 Å². The van der Waals surface area contributed by atoms with Crippen LogP contribution in [0.25, 0.3) is 10.2 Å². The van der Waals surface area contributed by atoms with Crippen molar-refractivity contribution >= 4 is 44.4 Å². The first kappa shape index (κ1) is 21.5. The van der Waals surface area contributed by atoms with E-state index in [9.17, 15) is 4.79 Å². The van der Waals surface area contributed by atoms with E-state index in [0.717, 1.165) is 26.6 Å². The molecule has 0 atom stereocenters. The smallest absolute Gasteiger partial charge is 0.260 e. The lowest BCUT2D eigenvalue weighted by atomic mass is 10.0. The molecule has 0 aliphatic carbocycles. The van der Waals surface area contributed by atoms with Crippen LogP contribution in [0.3, 0.4) is 0 Å². The lowest BCUT2D eigenvalue weighted by Gasteiger charge is -2.20. The van der Waals surface area contributed by atoms with Crippen LogP contribution >= 0.6 is 23.1 Å². The standard InChI is InChI=1S/C25H25N3OS2/c1-4-30-20-13-11-18(12-14-20)24(29)28(16-19-8-5-6-15-26-19)25-27-23-21(17(2)3)9-7-10-22(23)31-25/h5-15,17H,4,16H2,1-3H3. The number of hydrogen-bond acceptors (Lipinski definition) is 5. The minimum absolute atomic E-state index is 0.0659. The highest BCUT2D eigenvalue weighted by Gasteiger charge is 2.23. The number of thioether (sulfide) groups is 1. The molecule has 0 radical (unpaired) electrons. The summed E-state index contributed by atoms with van der Waals surface area (Å²) in [5.74, 6) is 1.30. The third-order valence-electron chi connectivity index (χ3n) is 5.00. The molecule has 0 N–H and O–H groups in total. The number of thiazole rings is 1. The van der Waals surface area contributed by atoms with Crippen LogP contribution in [0.5, 0.6) is 0 Å². The molecule has 2 aromatic heterocycles. The maximum atomic E-state index is 13.6. The summed E-state index contributed by atoms with van der Waals surface area (Å²) in [6, 6.07) is 19.8.